The van der Waals surface area contributed by atoms with Gasteiger partial charge in [0.15, 0.2) is 0 Å². The van der Waals surface area contributed by atoms with Gasteiger partial charge < -0.3 is 5.32 Å². The molecule has 1 aromatic carbocycles. The Morgan fingerprint density at radius 3 is 2.89 bits per heavy atom. The first-order valence-corrected chi connectivity index (χ1v) is 6.81. The standard InChI is InChI=1S/C15H22N4/c1-12-5-6-13(2)15(11-12)14(3)16-7-4-9-19-10-8-17-18-19/h5-6,8,10-11,14,16H,4,7,9H2,1-3H3. The minimum Gasteiger partial charge on any atom is -0.310 e. The summed E-state index contributed by atoms with van der Waals surface area (Å²) in [6, 6.07) is 7.01. The van der Waals surface area contributed by atoms with Crippen molar-refractivity contribution in [3.05, 3.63) is 47.3 Å². The van der Waals surface area contributed by atoms with Gasteiger partial charge in [-0.1, -0.05) is 29.0 Å². The number of aromatic nitrogens is 3. The monoisotopic (exact) mass is 258 g/mol. The summed E-state index contributed by atoms with van der Waals surface area (Å²) >= 11 is 0. The number of aryl methyl sites for hydroxylation is 3. The molecule has 1 N–H and O–H groups in total. The summed E-state index contributed by atoms with van der Waals surface area (Å²) in [7, 11) is 0. The predicted molar refractivity (Wildman–Crippen MR) is 77.0 cm³/mol. The minimum absolute atomic E-state index is 0.385. The van der Waals surface area contributed by atoms with E-state index in [0.717, 1.165) is 19.5 Å². The van der Waals surface area contributed by atoms with E-state index in [1.54, 1.807) is 6.20 Å². The maximum atomic E-state index is 3.96. The van der Waals surface area contributed by atoms with Gasteiger partial charge >= 0.3 is 0 Å². The zero-order valence-electron chi connectivity index (χ0n) is 11.9. The second-order valence-electron chi connectivity index (χ2n) is 5.06. The summed E-state index contributed by atoms with van der Waals surface area (Å²) < 4.78 is 1.87. The van der Waals surface area contributed by atoms with Gasteiger partial charge in [0, 0.05) is 18.8 Å². The zero-order chi connectivity index (χ0) is 13.7. The number of benzene rings is 1. The first-order valence-electron chi connectivity index (χ1n) is 6.81. The van der Waals surface area contributed by atoms with Crippen molar-refractivity contribution in [3.8, 4) is 0 Å². The third-order valence-corrected chi connectivity index (χ3v) is 3.39. The Hall–Kier alpha value is -1.68. The molecule has 1 atom stereocenters. The molecule has 0 saturated carbocycles. The largest absolute Gasteiger partial charge is 0.310 e. The van der Waals surface area contributed by atoms with Crippen LogP contribution in [-0.2, 0) is 6.54 Å². The lowest BCUT2D eigenvalue weighted by Crippen LogP contribution is -2.21. The molecule has 0 fully saturated rings. The third kappa shape index (κ3) is 3.89. The zero-order valence-corrected chi connectivity index (χ0v) is 11.9. The van der Waals surface area contributed by atoms with E-state index in [4.69, 9.17) is 0 Å². The van der Waals surface area contributed by atoms with Crippen LogP contribution in [0.25, 0.3) is 0 Å². The van der Waals surface area contributed by atoms with Gasteiger partial charge in [-0.3, -0.25) is 4.68 Å². The fraction of sp³-hybridized carbons (Fsp3) is 0.467. The molecule has 19 heavy (non-hydrogen) atoms. The number of hydrogen-bond donors (Lipinski definition) is 1. The van der Waals surface area contributed by atoms with Crippen molar-refractivity contribution >= 4 is 0 Å². The number of nitrogens with zero attached hydrogens (tertiary/aromatic N) is 3. The molecular weight excluding hydrogens is 236 g/mol. The normalized spacial score (nSPS) is 12.6. The molecule has 2 rings (SSSR count). The van der Waals surface area contributed by atoms with Crippen LogP contribution in [0.4, 0.5) is 0 Å². The number of rotatable bonds is 6. The van der Waals surface area contributed by atoms with E-state index in [2.05, 4.69) is 54.6 Å². The van der Waals surface area contributed by atoms with Crippen LogP contribution in [0, 0.1) is 13.8 Å². The average Bonchev–Trinajstić information content (AvgIpc) is 2.90. The molecule has 0 aliphatic rings. The molecule has 1 unspecified atom stereocenters. The van der Waals surface area contributed by atoms with E-state index in [9.17, 15) is 0 Å². The SMILES string of the molecule is Cc1ccc(C)c(C(C)NCCCn2ccnn2)c1. The molecule has 0 saturated heterocycles. The van der Waals surface area contributed by atoms with E-state index in [0.29, 0.717) is 6.04 Å². The van der Waals surface area contributed by atoms with Crippen LogP contribution < -0.4 is 5.32 Å². The van der Waals surface area contributed by atoms with Crippen molar-refractivity contribution in [3.63, 3.8) is 0 Å². The smallest absolute Gasteiger partial charge is 0.0692 e. The molecule has 0 radical (unpaired) electrons. The van der Waals surface area contributed by atoms with Crippen LogP contribution >= 0.6 is 0 Å². The molecule has 1 heterocycles. The van der Waals surface area contributed by atoms with E-state index in [-0.39, 0.29) is 0 Å². The molecule has 0 aliphatic carbocycles. The van der Waals surface area contributed by atoms with Crippen LogP contribution in [0.2, 0.25) is 0 Å². The van der Waals surface area contributed by atoms with Gasteiger partial charge in [-0.25, -0.2) is 0 Å². The third-order valence-electron chi connectivity index (χ3n) is 3.39. The fourth-order valence-electron chi connectivity index (χ4n) is 2.25. The van der Waals surface area contributed by atoms with Crippen molar-refractivity contribution in [1.82, 2.24) is 20.3 Å². The Labute approximate surface area is 114 Å². The van der Waals surface area contributed by atoms with Crippen LogP contribution in [0.3, 0.4) is 0 Å². The predicted octanol–water partition coefficient (Wildman–Crippen LogP) is 2.64. The maximum Gasteiger partial charge on any atom is 0.0692 e. The summed E-state index contributed by atoms with van der Waals surface area (Å²) in [6.45, 7) is 8.42. The molecule has 0 aliphatic heterocycles. The lowest BCUT2D eigenvalue weighted by atomic mass is 10.00. The van der Waals surface area contributed by atoms with Crippen LogP contribution in [0.5, 0.6) is 0 Å². The molecule has 2 aromatic rings. The Morgan fingerprint density at radius 2 is 2.16 bits per heavy atom. The Morgan fingerprint density at radius 1 is 1.32 bits per heavy atom. The highest BCUT2D eigenvalue weighted by molar-refractivity contribution is 5.32. The molecule has 4 heteroatoms. The Balaban J connectivity index is 1.80. The van der Waals surface area contributed by atoms with Crippen molar-refractivity contribution in [2.75, 3.05) is 6.54 Å². The topological polar surface area (TPSA) is 42.7 Å². The van der Waals surface area contributed by atoms with Gasteiger partial charge in [-0.15, -0.1) is 5.10 Å². The van der Waals surface area contributed by atoms with Crippen molar-refractivity contribution in [2.45, 2.75) is 39.8 Å². The highest BCUT2D eigenvalue weighted by Gasteiger charge is 2.07. The van der Waals surface area contributed by atoms with Crippen molar-refractivity contribution in [2.24, 2.45) is 0 Å². The van der Waals surface area contributed by atoms with Gasteiger partial charge in [-0.2, -0.15) is 0 Å². The van der Waals surface area contributed by atoms with Gasteiger partial charge in [0.2, 0.25) is 0 Å². The van der Waals surface area contributed by atoms with Gasteiger partial charge in [0.1, 0.15) is 0 Å². The summed E-state index contributed by atoms with van der Waals surface area (Å²) in [5, 5.41) is 11.3. The van der Waals surface area contributed by atoms with Crippen LogP contribution in [-0.4, -0.2) is 21.5 Å². The highest BCUT2D eigenvalue weighted by Crippen LogP contribution is 2.18. The fourth-order valence-corrected chi connectivity index (χ4v) is 2.25. The van der Waals surface area contributed by atoms with E-state index < -0.39 is 0 Å². The lowest BCUT2D eigenvalue weighted by Gasteiger charge is -2.17. The molecule has 4 nitrogen and oxygen atoms in total. The minimum atomic E-state index is 0.385. The Bertz CT molecular complexity index is 505. The van der Waals surface area contributed by atoms with E-state index in [1.165, 1.54) is 16.7 Å². The first kappa shape index (κ1) is 13.7. The quantitative estimate of drug-likeness (QED) is 0.810. The molecule has 0 spiro atoms. The lowest BCUT2D eigenvalue weighted by molar-refractivity contribution is 0.498. The average molecular weight is 258 g/mol. The molecular formula is C15H22N4. The maximum absolute atomic E-state index is 3.96. The summed E-state index contributed by atoms with van der Waals surface area (Å²) in [5.74, 6) is 0. The molecule has 1 aromatic heterocycles. The van der Waals surface area contributed by atoms with Crippen molar-refractivity contribution in [1.29, 1.82) is 0 Å². The number of hydrogen-bond acceptors (Lipinski definition) is 3. The second-order valence-corrected chi connectivity index (χ2v) is 5.06. The Kier molecular flexibility index (Phi) is 4.68. The summed E-state index contributed by atoms with van der Waals surface area (Å²) in [5.41, 5.74) is 4.06. The summed E-state index contributed by atoms with van der Waals surface area (Å²) in [6.07, 6.45) is 4.67. The van der Waals surface area contributed by atoms with Crippen LogP contribution in [0.15, 0.2) is 30.6 Å². The molecule has 0 bridgehead atoms. The first-order chi connectivity index (χ1) is 9.16. The van der Waals surface area contributed by atoms with Gasteiger partial charge in [-0.05, 0) is 44.9 Å². The van der Waals surface area contributed by atoms with E-state index in [1.807, 2.05) is 10.9 Å². The summed E-state index contributed by atoms with van der Waals surface area (Å²) in [4.78, 5) is 0. The van der Waals surface area contributed by atoms with Gasteiger partial charge in [0.25, 0.3) is 0 Å². The van der Waals surface area contributed by atoms with Crippen LogP contribution in [0.1, 0.15) is 36.1 Å². The number of nitrogens with one attached hydrogen (secondary N) is 1. The second kappa shape index (κ2) is 6.48. The van der Waals surface area contributed by atoms with E-state index >= 15 is 0 Å². The molecule has 0 amide bonds. The van der Waals surface area contributed by atoms with Crippen molar-refractivity contribution < 1.29 is 0 Å². The van der Waals surface area contributed by atoms with Gasteiger partial charge in [0.05, 0.1) is 6.20 Å². The highest BCUT2D eigenvalue weighted by atomic mass is 15.4. The molecule has 102 valence electrons.